The van der Waals surface area contributed by atoms with Crippen LogP contribution in [-0.2, 0) is 16.6 Å². The molecule has 2 rings (SSSR count). The molecule has 0 saturated heterocycles. The van der Waals surface area contributed by atoms with Crippen molar-refractivity contribution in [1.29, 1.82) is 0 Å². The lowest BCUT2D eigenvalue weighted by atomic mass is 10.2. The fourth-order valence-corrected chi connectivity index (χ4v) is 2.70. The molecule has 0 aliphatic carbocycles. The van der Waals surface area contributed by atoms with Gasteiger partial charge in [-0.2, -0.15) is 8.42 Å². The van der Waals surface area contributed by atoms with Crippen LogP contribution in [0.25, 0.3) is 0 Å². The van der Waals surface area contributed by atoms with Gasteiger partial charge in [-0.3, -0.25) is 4.72 Å². The van der Waals surface area contributed by atoms with Crippen molar-refractivity contribution in [3.05, 3.63) is 47.2 Å². The van der Waals surface area contributed by atoms with Crippen LogP contribution in [0.2, 0.25) is 0 Å². The van der Waals surface area contributed by atoms with E-state index in [2.05, 4.69) is 5.32 Å². The highest BCUT2D eigenvalue weighted by Crippen LogP contribution is 2.23. The topological polar surface area (TPSA) is 71.3 Å². The van der Waals surface area contributed by atoms with Crippen LogP contribution in [0.5, 0.6) is 0 Å². The third-order valence-corrected chi connectivity index (χ3v) is 3.98. The number of furan rings is 1. The predicted molar refractivity (Wildman–Crippen MR) is 73.4 cm³/mol. The van der Waals surface area contributed by atoms with Gasteiger partial charge in [0.05, 0.1) is 12.2 Å². The zero-order chi connectivity index (χ0) is 15.6. The lowest BCUT2D eigenvalue weighted by Gasteiger charge is -2.08. The van der Waals surface area contributed by atoms with Crippen LogP contribution < -0.4 is 10.0 Å². The molecule has 2 N–H and O–H groups in total. The van der Waals surface area contributed by atoms with Crippen molar-refractivity contribution in [3.63, 3.8) is 0 Å². The maximum atomic E-state index is 13.7. The maximum absolute atomic E-state index is 13.7. The van der Waals surface area contributed by atoms with E-state index in [-0.39, 0.29) is 10.7 Å². The van der Waals surface area contributed by atoms with E-state index in [0.29, 0.717) is 12.3 Å². The van der Waals surface area contributed by atoms with Gasteiger partial charge in [0.15, 0.2) is 0 Å². The number of rotatable bonds is 5. The second-order valence-corrected chi connectivity index (χ2v) is 6.05. The van der Waals surface area contributed by atoms with Gasteiger partial charge in [-0.05, 0) is 37.7 Å². The van der Waals surface area contributed by atoms with Crippen LogP contribution >= 0.6 is 0 Å². The van der Waals surface area contributed by atoms with E-state index in [1.807, 2.05) is 4.72 Å². The van der Waals surface area contributed by atoms with Gasteiger partial charge < -0.3 is 9.73 Å². The Labute approximate surface area is 121 Å². The minimum Gasteiger partial charge on any atom is -0.446 e. The van der Waals surface area contributed by atoms with E-state index in [4.69, 9.17) is 4.42 Å². The largest absolute Gasteiger partial charge is 0.446 e. The van der Waals surface area contributed by atoms with Crippen LogP contribution in [0.1, 0.15) is 11.3 Å². The van der Waals surface area contributed by atoms with Crippen molar-refractivity contribution in [2.24, 2.45) is 0 Å². The Morgan fingerprint density at radius 3 is 2.57 bits per heavy atom. The van der Waals surface area contributed by atoms with E-state index in [1.165, 1.54) is 19.1 Å². The molecule has 0 saturated carbocycles. The summed E-state index contributed by atoms with van der Waals surface area (Å²) in [5.74, 6) is -1.16. The molecule has 0 amide bonds. The standard InChI is InChI=1S/C13H14F2N2O3S/c1-8-5-11(15)12(6-10(8)14)17-21(18,19)13-4-3-9(20-13)7-16-2/h3-6,16-17H,7H2,1-2H3. The Kier molecular flexibility index (Phi) is 4.29. The number of hydrogen-bond donors (Lipinski definition) is 2. The average Bonchev–Trinajstić information content (AvgIpc) is 2.86. The lowest BCUT2D eigenvalue weighted by molar-refractivity contribution is 0.408. The summed E-state index contributed by atoms with van der Waals surface area (Å²) in [7, 11) is -2.43. The second kappa shape index (κ2) is 5.82. The molecule has 114 valence electrons. The van der Waals surface area contributed by atoms with Gasteiger partial charge >= 0.3 is 0 Å². The number of benzene rings is 1. The van der Waals surface area contributed by atoms with E-state index in [9.17, 15) is 17.2 Å². The lowest BCUT2D eigenvalue weighted by Crippen LogP contribution is -2.14. The number of halogens is 2. The van der Waals surface area contributed by atoms with Gasteiger partial charge in [0, 0.05) is 6.07 Å². The van der Waals surface area contributed by atoms with E-state index in [1.54, 1.807) is 7.05 Å². The maximum Gasteiger partial charge on any atom is 0.295 e. The zero-order valence-electron chi connectivity index (χ0n) is 11.4. The highest BCUT2D eigenvalue weighted by Gasteiger charge is 2.21. The first-order chi connectivity index (χ1) is 9.83. The Balaban J connectivity index is 2.30. The molecule has 0 radical (unpaired) electrons. The third kappa shape index (κ3) is 3.40. The zero-order valence-corrected chi connectivity index (χ0v) is 12.2. The van der Waals surface area contributed by atoms with Gasteiger partial charge in [-0.15, -0.1) is 0 Å². The van der Waals surface area contributed by atoms with Crippen LogP contribution in [0.3, 0.4) is 0 Å². The van der Waals surface area contributed by atoms with E-state index < -0.39 is 27.3 Å². The Morgan fingerprint density at radius 2 is 1.90 bits per heavy atom. The van der Waals surface area contributed by atoms with Gasteiger partial charge in [0.1, 0.15) is 17.4 Å². The molecule has 0 spiro atoms. The molecule has 0 unspecified atom stereocenters. The molecule has 1 heterocycles. The van der Waals surface area contributed by atoms with Gasteiger partial charge in [-0.25, -0.2) is 8.78 Å². The minimum absolute atomic E-state index is 0.0877. The van der Waals surface area contributed by atoms with E-state index in [0.717, 1.165) is 12.1 Å². The predicted octanol–water partition coefficient (Wildman–Crippen LogP) is 2.39. The molecule has 0 aliphatic rings. The SMILES string of the molecule is CNCc1ccc(S(=O)(=O)Nc2cc(F)c(C)cc2F)o1. The number of anilines is 1. The van der Waals surface area contributed by atoms with Gasteiger partial charge in [-0.1, -0.05) is 0 Å². The molecule has 2 aromatic rings. The Morgan fingerprint density at radius 1 is 1.19 bits per heavy atom. The monoisotopic (exact) mass is 316 g/mol. The van der Waals surface area contributed by atoms with Crippen LogP contribution in [0.4, 0.5) is 14.5 Å². The van der Waals surface area contributed by atoms with Crippen molar-refractivity contribution >= 4 is 15.7 Å². The molecule has 21 heavy (non-hydrogen) atoms. The summed E-state index contributed by atoms with van der Waals surface area (Å²) >= 11 is 0. The molecule has 0 aliphatic heterocycles. The fraction of sp³-hybridized carbons (Fsp3) is 0.231. The molecule has 0 fully saturated rings. The number of nitrogens with one attached hydrogen (secondary N) is 2. The first kappa shape index (κ1) is 15.5. The second-order valence-electron chi connectivity index (χ2n) is 4.44. The molecule has 1 aromatic carbocycles. The van der Waals surface area contributed by atoms with Crippen molar-refractivity contribution in [2.75, 3.05) is 11.8 Å². The summed E-state index contributed by atoms with van der Waals surface area (Å²) in [5, 5.41) is 2.44. The van der Waals surface area contributed by atoms with Crippen LogP contribution in [-0.4, -0.2) is 15.5 Å². The summed E-state index contributed by atoms with van der Waals surface area (Å²) in [6.07, 6.45) is 0. The molecule has 0 atom stereocenters. The fourth-order valence-electron chi connectivity index (χ4n) is 1.69. The smallest absolute Gasteiger partial charge is 0.295 e. The normalized spacial score (nSPS) is 11.6. The van der Waals surface area contributed by atoms with Crippen molar-refractivity contribution in [1.82, 2.24) is 5.32 Å². The third-order valence-electron chi connectivity index (χ3n) is 2.75. The molecule has 1 aromatic heterocycles. The highest BCUT2D eigenvalue weighted by atomic mass is 32.2. The summed E-state index contributed by atoms with van der Waals surface area (Å²) in [5.41, 5.74) is -0.380. The first-order valence-corrected chi connectivity index (χ1v) is 7.53. The molecular formula is C13H14F2N2O3S. The minimum atomic E-state index is -4.11. The van der Waals surface area contributed by atoms with Crippen molar-refractivity contribution in [2.45, 2.75) is 18.6 Å². The van der Waals surface area contributed by atoms with Crippen molar-refractivity contribution < 1.29 is 21.6 Å². The molecular weight excluding hydrogens is 302 g/mol. The summed E-state index contributed by atoms with van der Waals surface area (Å²) in [6.45, 7) is 1.73. The quantitative estimate of drug-likeness (QED) is 0.888. The highest BCUT2D eigenvalue weighted by molar-refractivity contribution is 7.92. The number of sulfonamides is 1. The number of aryl methyl sites for hydroxylation is 1. The Hall–Kier alpha value is -1.93. The average molecular weight is 316 g/mol. The van der Waals surface area contributed by atoms with Crippen LogP contribution in [0, 0.1) is 18.6 Å². The molecule has 8 heteroatoms. The van der Waals surface area contributed by atoms with Gasteiger partial charge in [0.25, 0.3) is 10.0 Å². The van der Waals surface area contributed by atoms with Crippen molar-refractivity contribution in [3.8, 4) is 0 Å². The summed E-state index contributed by atoms with van der Waals surface area (Å²) in [4.78, 5) is 0. The Bertz CT molecular complexity index is 757. The first-order valence-electron chi connectivity index (χ1n) is 6.05. The van der Waals surface area contributed by atoms with E-state index >= 15 is 0 Å². The summed E-state index contributed by atoms with van der Waals surface area (Å²) < 4.78 is 58.3. The summed E-state index contributed by atoms with van der Waals surface area (Å²) in [6, 6.07) is 4.44. The number of hydrogen-bond acceptors (Lipinski definition) is 4. The van der Waals surface area contributed by atoms with Crippen LogP contribution in [0.15, 0.2) is 33.8 Å². The van der Waals surface area contributed by atoms with Gasteiger partial charge in [0.2, 0.25) is 5.09 Å². The molecule has 0 bridgehead atoms. The molecule has 5 nitrogen and oxygen atoms in total.